The van der Waals surface area contributed by atoms with Crippen molar-refractivity contribution in [3.8, 4) is 0 Å². The third-order valence-electron chi connectivity index (χ3n) is 5.98. The molecule has 0 bridgehead atoms. The summed E-state index contributed by atoms with van der Waals surface area (Å²) in [6, 6.07) is 2.17. The molecule has 138 valence electrons. The first kappa shape index (κ1) is 17.5. The Bertz CT molecular complexity index is 637. The minimum absolute atomic E-state index is 0.137. The van der Waals surface area contributed by atoms with Crippen LogP contribution < -0.4 is 0 Å². The number of nitrogens with zero attached hydrogens (tertiary/aromatic N) is 3. The molecule has 0 radical (unpaired) electrons. The summed E-state index contributed by atoms with van der Waals surface area (Å²) in [6.07, 6.45) is 4.09. The average molecular weight is 364 g/mol. The van der Waals surface area contributed by atoms with Gasteiger partial charge in [0.2, 0.25) is 0 Å². The number of ether oxygens (including phenoxy) is 1. The van der Waals surface area contributed by atoms with E-state index in [9.17, 15) is 4.79 Å². The van der Waals surface area contributed by atoms with Crippen LogP contribution in [-0.4, -0.2) is 80.6 Å². The lowest BCUT2D eigenvalue weighted by atomic mass is 9.85. The monoisotopic (exact) mass is 363 g/mol. The van der Waals surface area contributed by atoms with E-state index < -0.39 is 0 Å². The van der Waals surface area contributed by atoms with Crippen molar-refractivity contribution in [1.29, 1.82) is 0 Å². The molecular formula is C19H29N3O2S. The number of amides is 1. The lowest BCUT2D eigenvalue weighted by Gasteiger charge is -2.42. The maximum absolute atomic E-state index is 13.1. The first-order chi connectivity index (χ1) is 12.1. The fraction of sp³-hybridized carbons (Fsp3) is 0.737. The summed E-state index contributed by atoms with van der Waals surface area (Å²) in [5.74, 6) is 0.220. The van der Waals surface area contributed by atoms with E-state index in [4.69, 9.17) is 4.74 Å². The van der Waals surface area contributed by atoms with Gasteiger partial charge in [-0.2, -0.15) is 0 Å². The van der Waals surface area contributed by atoms with Crippen LogP contribution in [0.25, 0.3) is 0 Å². The molecule has 1 aromatic heterocycles. The molecule has 4 rings (SSSR count). The molecule has 1 amide bonds. The Labute approximate surface area is 154 Å². The highest BCUT2D eigenvalue weighted by molar-refractivity contribution is 7.14. The van der Waals surface area contributed by atoms with Gasteiger partial charge < -0.3 is 19.4 Å². The molecule has 2 fully saturated rings. The first-order valence-electron chi connectivity index (χ1n) is 9.51. The summed E-state index contributed by atoms with van der Waals surface area (Å²) in [5, 5.41) is 0. The van der Waals surface area contributed by atoms with E-state index in [-0.39, 0.29) is 11.5 Å². The molecule has 0 N–H and O–H groups in total. The molecule has 0 saturated carbocycles. The third-order valence-corrected chi connectivity index (χ3v) is 7.34. The van der Waals surface area contributed by atoms with Gasteiger partial charge in [0.25, 0.3) is 5.91 Å². The number of carbonyl (C=O) groups is 1. The predicted molar refractivity (Wildman–Crippen MR) is 100 cm³/mol. The van der Waals surface area contributed by atoms with Gasteiger partial charge in [-0.1, -0.05) is 0 Å². The van der Waals surface area contributed by atoms with Gasteiger partial charge in [0.1, 0.15) is 5.60 Å². The molecule has 3 aliphatic rings. The molecule has 6 heteroatoms. The van der Waals surface area contributed by atoms with E-state index in [1.54, 1.807) is 11.3 Å². The maximum atomic E-state index is 13.1. The van der Waals surface area contributed by atoms with Gasteiger partial charge in [0, 0.05) is 37.6 Å². The number of carbonyl (C=O) groups excluding carboxylic acids is 1. The molecule has 25 heavy (non-hydrogen) atoms. The summed E-state index contributed by atoms with van der Waals surface area (Å²) in [6.45, 7) is 6.68. The van der Waals surface area contributed by atoms with E-state index in [2.05, 4.69) is 30.0 Å². The summed E-state index contributed by atoms with van der Waals surface area (Å²) in [7, 11) is 4.31. The van der Waals surface area contributed by atoms with Crippen LogP contribution >= 0.6 is 11.3 Å². The molecule has 0 atom stereocenters. The number of likely N-dealkylation sites (N-methyl/N-ethyl adjacent to an activating group) is 1. The van der Waals surface area contributed by atoms with Crippen LogP contribution in [0.2, 0.25) is 0 Å². The molecule has 0 aromatic carbocycles. The van der Waals surface area contributed by atoms with Crippen LogP contribution in [0.1, 0.15) is 39.4 Å². The van der Waals surface area contributed by atoms with Crippen molar-refractivity contribution in [3.05, 3.63) is 21.4 Å². The van der Waals surface area contributed by atoms with Gasteiger partial charge in [-0.15, -0.1) is 11.3 Å². The van der Waals surface area contributed by atoms with E-state index >= 15 is 0 Å². The zero-order valence-electron chi connectivity index (χ0n) is 15.4. The second-order valence-electron chi connectivity index (χ2n) is 7.81. The van der Waals surface area contributed by atoms with E-state index in [1.807, 2.05) is 4.90 Å². The number of likely N-dealkylation sites (tertiary alicyclic amines) is 1. The van der Waals surface area contributed by atoms with Gasteiger partial charge in [-0.05, 0) is 58.0 Å². The molecule has 3 aliphatic heterocycles. The minimum Gasteiger partial charge on any atom is -0.369 e. The van der Waals surface area contributed by atoms with Crippen molar-refractivity contribution in [3.63, 3.8) is 0 Å². The van der Waals surface area contributed by atoms with Crippen molar-refractivity contribution in [2.24, 2.45) is 0 Å². The van der Waals surface area contributed by atoms with Crippen LogP contribution in [0, 0.1) is 0 Å². The highest BCUT2D eigenvalue weighted by atomic mass is 32.1. The van der Waals surface area contributed by atoms with Crippen molar-refractivity contribution in [1.82, 2.24) is 14.7 Å². The minimum atomic E-state index is -0.137. The van der Waals surface area contributed by atoms with Gasteiger partial charge in [-0.3, -0.25) is 4.79 Å². The van der Waals surface area contributed by atoms with Crippen LogP contribution in [0.5, 0.6) is 0 Å². The zero-order chi connectivity index (χ0) is 17.4. The second kappa shape index (κ2) is 6.99. The normalized spacial score (nSPS) is 25.0. The van der Waals surface area contributed by atoms with Crippen LogP contribution in [0.3, 0.4) is 0 Å². The molecule has 5 nitrogen and oxygen atoms in total. The first-order valence-corrected chi connectivity index (χ1v) is 10.3. The predicted octanol–water partition coefficient (Wildman–Crippen LogP) is 2.02. The Balaban J connectivity index is 1.57. The van der Waals surface area contributed by atoms with Crippen LogP contribution in [0.4, 0.5) is 0 Å². The summed E-state index contributed by atoms with van der Waals surface area (Å²) in [5.41, 5.74) is 1.22. The second-order valence-corrected chi connectivity index (χ2v) is 8.86. The third kappa shape index (κ3) is 3.37. The van der Waals surface area contributed by atoms with Gasteiger partial charge >= 0.3 is 0 Å². The lowest BCUT2D eigenvalue weighted by molar-refractivity contribution is -0.0921. The Morgan fingerprint density at radius 1 is 1.08 bits per heavy atom. The molecule has 4 heterocycles. The Morgan fingerprint density at radius 2 is 1.84 bits per heavy atom. The number of hydrogen-bond donors (Lipinski definition) is 0. The average Bonchev–Trinajstić information content (AvgIpc) is 2.94. The van der Waals surface area contributed by atoms with Gasteiger partial charge in [-0.25, -0.2) is 0 Å². The number of hydrogen-bond acceptors (Lipinski definition) is 5. The fourth-order valence-corrected chi connectivity index (χ4v) is 5.66. The molecule has 1 aromatic rings. The summed E-state index contributed by atoms with van der Waals surface area (Å²) < 4.78 is 6.31. The largest absolute Gasteiger partial charge is 0.369 e. The quantitative estimate of drug-likeness (QED) is 0.765. The Hall–Kier alpha value is -0.950. The highest BCUT2D eigenvalue weighted by Gasteiger charge is 2.42. The zero-order valence-corrected chi connectivity index (χ0v) is 16.2. The smallest absolute Gasteiger partial charge is 0.263 e. The summed E-state index contributed by atoms with van der Waals surface area (Å²) in [4.78, 5) is 22.0. The lowest BCUT2D eigenvalue weighted by Crippen LogP contribution is -2.44. The van der Waals surface area contributed by atoms with Gasteiger partial charge in [0.05, 0.1) is 11.5 Å². The van der Waals surface area contributed by atoms with Crippen LogP contribution in [-0.2, 0) is 16.8 Å². The molecule has 0 unspecified atom stereocenters. The van der Waals surface area contributed by atoms with Crippen molar-refractivity contribution < 1.29 is 9.53 Å². The van der Waals surface area contributed by atoms with Crippen molar-refractivity contribution >= 4 is 17.2 Å². The van der Waals surface area contributed by atoms with E-state index in [1.165, 1.54) is 10.4 Å². The Morgan fingerprint density at radius 3 is 2.64 bits per heavy atom. The molecular weight excluding hydrogens is 334 g/mol. The molecule has 1 spiro atoms. The SMILES string of the molecule is CN1CCCN(C(=O)c2cc3c(s2)C2(CCN(C)CC2)OCC3)CC1. The maximum Gasteiger partial charge on any atom is 0.263 e. The summed E-state index contributed by atoms with van der Waals surface area (Å²) >= 11 is 1.70. The standard InChI is InChI=1S/C19H29N3O2S/c1-20-7-3-8-22(12-11-20)18(23)16-14-15-4-13-24-19(17(15)25-16)5-9-21(2)10-6-19/h14H,3-13H2,1-2H3. The number of thiophene rings is 1. The highest BCUT2D eigenvalue weighted by Crippen LogP contribution is 2.45. The number of fused-ring (bicyclic) bond motifs is 2. The molecule has 2 saturated heterocycles. The van der Waals surface area contributed by atoms with Crippen molar-refractivity contribution in [2.75, 3.05) is 60.0 Å². The molecule has 0 aliphatic carbocycles. The number of piperidine rings is 1. The number of rotatable bonds is 1. The Kier molecular flexibility index (Phi) is 4.88. The topological polar surface area (TPSA) is 36.0 Å². The van der Waals surface area contributed by atoms with Crippen LogP contribution in [0.15, 0.2) is 6.07 Å². The van der Waals surface area contributed by atoms with Crippen molar-refractivity contribution in [2.45, 2.75) is 31.3 Å². The van der Waals surface area contributed by atoms with Gasteiger partial charge in [0.15, 0.2) is 0 Å². The van der Waals surface area contributed by atoms with E-state index in [0.29, 0.717) is 0 Å². The van der Waals surface area contributed by atoms with E-state index in [0.717, 1.165) is 76.4 Å². The fourth-order valence-electron chi connectivity index (χ4n) is 4.28.